The van der Waals surface area contributed by atoms with Gasteiger partial charge in [-0.1, -0.05) is 18.6 Å². The van der Waals surface area contributed by atoms with Crippen LogP contribution in [-0.2, 0) is 22.3 Å². The molecule has 3 atom stereocenters. The molecule has 2 fully saturated rings. The molecule has 30 heavy (non-hydrogen) atoms. The van der Waals surface area contributed by atoms with Gasteiger partial charge >= 0.3 is 6.18 Å². The molecule has 0 saturated carbocycles. The highest BCUT2D eigenvalue weighted by Crippen LogP contribution is 2.41. The number of fused-ring (bicyclic) bond motifs is 1. The number of carbonyl (C=O) groups is 2. The molecule has 4 rings (SSSR count). The van der Waals surface area contributed by atoms with Gasteiger partial charge < -0.3 is 10.2 Å². The molecule has 0 spiro atoms. The van der Waals surface area contributed by atoms with Gasteiger partial charge in [0.05, 0.1) is 23.7 Å². The number of aromatic nitrogens is 2. The van der Waals surface area contributed by atoms with Gasteiger partial charge in [-0.3, -0.25) is 14.3 Å². The number of hydrogen-bond donors (Lipinski definition) is 1. The van der Waals surface area contributed by atoms with Crippen molar-refractivity contribution in [3.8, 4) is 0 Å². The summed E-state index contributed by atoms with van der Waals surface area (Å²) in [5, 5.41) is 7.06. The Balaban J connectivity index is 1.69. The molecule has 2 amide bonds. The highest BCUT2D eigenvalue weighted by Gasteiger charge is 2.45. The second-order valence-corrected chi connectivity index (χ2v) is 7.87. The van der Waals surface area contributed by atoms with E-state index in [9.17, 15) is 22.8 Å². The van der Waals surface area contributed by atoms with Crippen molar-refractivity contribution in [2.24, 2.45) is 0 Å². The minimum Gasteiger partial charge on any atom is -0.351 e. The first-order chi connectivity index (χ1) is 14.3. The maximum Gasteiger partial charge on any atom is 0.416 e. The van der Waals surface area contributed by atoms with Crippen molar-refractivity contribution in [1.82, 2.24) is 20.0 Å². The van der Waals surface area contributed by atoms with E-state index in [1.807, 2.05) is 0 Å². The van der Waals surface area contributed by atoms with Crippen LogP contribution < -0.4 is 5.32 Å². The van der Waals surface area contributed by atoms with Gasteiger partial charge in [-0.15, -0.1) is 0 Å². The van der Waals surface area contributed by atoms with E-state index in [2.05, 4.69) is 10.4 Å². The molecule has 2 saturated heterocycles. The van der Waals surface area contributed by atoms with Crippen LogP contribution in [0.2, 0.25) is 0 Å². The maximum absolute atomic E-state index is 13.3. The molecule has 3 heterocycles. The van der Waals surface area contributed by atoms with Crippen LogP contribution in [0.3, 0.4) is 0 Å². The Morgan fingerprint density at radius 2 is 2.07 bits per heavy atom. The lowest BCUT2D eigenvalue weighted by molar-refractivity contribution is -0.137. The van der Waals surface area contributed by atoms with E-state index in [-0.39, 0.29) is 30.4 Å². The number of hydrogen-bond acceptors (Lipinski definition) is 3. The number of nitrogens with zero attached hydrogens (tertiary/aromatic N) is 3. The Morgan fingerprint density at radius 3 is 2.80 bits per heavy atom. The summed E-state index contributed by atoms with van der Waals surface area (Å²) in [4.78, 5) is 27.1. The lowest BCUT2D eigenvalue weighted by Crippen LogP contribution is -2.48. The molecule has 0 bridgehead atoms. The van der Waals surface area contributed by atoms with Crippen LogP contribution in [0.5, 0.6) is 0 Å². The Kier molecular flexibility index (Phi) is 5.53. The van der Waals surface area contributed by atoms with E-state index in [1.165, 1.54) is 10.7 Å². The molecule has 2 aliphatic heterocycles. The van der Waals surface area contributed by atoms with Crippen LogP contribution >= 0.6 is 0 Å². The normalized spacial score (nSPS) is 24.7. The largest absolute Gasteiger partial charge is 0.416 e. The van der Waals surface area contributed by atoms with Crippen molar-refractivity contribution in [2.45, 2.75) is 63.0 Å². The van der Waals surface area contributed by atoms with Gasteiger partial charge in [0, 0.05) is 18.8 Å². The molecule has 160 valence electrons. The lowest BCUT2D eigenvalue weighted by atomic mass is 9.97. The lowest BCUT2D eigenvalue weighted by Gasteiger charge is -2.33. The van der Waals surface area contributed by atoms with Crippen molar-refractivity contribution in [3.05, 3.63) is 53.9 Å². The zero-order valence-corrected chi connectivity index (χ0v) is 16.3. The van der Waals surface area contributed by atoms with Crippen LogP contribution in [0.1, 0.15) is 49.3 Å². The number of alkyl halides is 3. The number of carbonyl (C=O) groups excluding carboxylic acids is 2. The first-order valence-electron chi connectivity index (χ1n) is 10.1. The average Bonchev–Trinajstić information content (AvgIpc) is 3.31. The summed E-state index contributed by atoms with van der Waals surface area (Å²) in [5.41, 5.74) is -0.313. The molecular formula is C21H23F3N4O2. The fourth-order valence-electron chi connectivity index (χ4n) is 4.54. The quantitative estimate of drug-likeness (QED) is 0.829. The summed E-state index contributed by atoms with van der Waals surface area (Å²) in [6, 6.07) is 5.77. The number of amides is 2. The highest BCUT2D eigenvalue weighted by atomic mass is 19.4. The van der Waals surface area contributed by atoms with Crippen molar-refractivity contribution >= 4 is 11.8 Å². The van der Waals surface area contributed by atoms with E-state index in [1.54, 1.807) is 29.4 Å². The molecule has 1 N–H and O–H groups in total. The summed E-state index contributed by atoms with van der Waals surface area (Å²) < 4.78 is 41.3. The summed E-state index contributed by atoms with van der Waals surface area (Å²) in [5.74, 6) is -0.294. The zero-order chi connectivity index (χ0) is 21.3. The summed E-state index contributed by atoms with van der Waals surface area (Å²) >= 11 is 0. The number of nitrogens with one attached hydrogen (secondary N) is 1. The van der Waals surface area contributed by atoms with Crippen molar-refractivity contribution in [3.63, 3.8) is 0 Å². The molecule has 6 nitrogen and oxygen atoms in total. The highest BCUT2D eigenvalue weighted by molar-refractivity contribution is 5.79. The van der Waals surface area contributed by atoms with E-state index in [4.69, 9.17) is 0 Å². The number of likely N-dealkylation sites (tertiary alicyclic amines) is 1. The first-order valence-corrected chi connectivity index (χ1v) is 10.1. The maximum atomic E-state index is 13.3. The van der Waals surface area contributed by atoms with Gasteiger partial charge in [-0.05, 0) is 43.0 Å². The Morgan fingerprint density at radius 1 is 1.23 bits per heavy atom. The molecule has 1 aromatic carbocycles. The molecule has 9 heteroatoms. The molecular weight excluding hydrogens is 397 g/mol. The number of halogens is 3. The van der Waals surface area contributed by atoms with Gasteiger partial charge in [-0.25, -0.2) is 0 Å². The van der Waals surface area contributed by atoms with Crippen LogP contribution in [0.15, 0.2) is 42.7 Å². The van der Waals surface area contributed by atoms with Crippen molar-refractivity contribution in [2.75, 3.05) is 0 Å². The summed E-state index contributed by atoms with van der Waals surface area (Å²) in [7, 11) is 0. The van der Waals surface area contributed by atoms with Gasteiger partial charge in [0.15, 0.2) is 0 Å². The van der Waals surface area contributed by atoms with E-state index in [0.717, 1.165) is 25.0 Å². The second-order valence-electron chi connectivity index (χ2n) is 7.87. The molecule has 1 aromatic heterocycles. The standard InChI is InChI=1S/C21H23F3N4O2/c22-21(23,24)15-6-3-5-14(11-15)18-12-16-17(7-1-2-8-19(29)26-16)28(18)20(30)13-27-10-4-9-25-27/h3-6,9-11,16-18H,1-2,7-8,12-13H2,(H,26,29)/t16-,17+,18+/m1/s1. The van der Waals surface area contributed by atoms with Gasteiger partial charge in [-0.2, -0.15) is 18.3 Å². The van der Waals surface area contributed by atoms with E-state index < -0.39 is 17.8 Å². The predicted octanol–water partition coefficient (Wildman–Crippen LogP) is 3.30. The fraction of sp³-hybridized carbons (Fsp3) is 0.476. The zero-order valence-electron chi connectivity index (χ0n) is 16.3. The van der Waals surface area contributed by atoms with Crippen molar-refractivity contribution < 1.29 is 22.8 Å². The molecule has 0 unspecified atom stereocenters. The third kappa shape index (κ3) is 4.20. The Labute approximate surface area is 172 Å². The molecule has 2 aromatic rings. The van der Waals surface area contributed by atoms with Crippen LogP contribution in [0.4, 0.5) is 13.2 Å². The third-order valence-electron chi connectivity index (χ3n) is 5.88. The smallest absolute Gasteiger partial charge is 0.351 e. The van der Waals surface area contributed by atoms with Gasteiger partial charge in [0.2, 0.25) is 11.8 Å². The summed E-state index contributed by atoms with van der Waals surface area (Å²) in [6.07, 6.45) is 1.81. The predicted molar refractivity (Wildman–Crippen MR) is 102 cm³/mol. The number of rotatable bonds is 3. The summed E-state index contributed by atoms with van der Waals surface area (Å²) in [6.45, 7) is -0.000369. The minimum atomic E-state index is -4.46. The van der Waals surface area contributed by atoms with Crippen LogP contribution in [0, 0.1) is 0 Å². The van der Waals surface area contributed by atoms with Gasteiger partial charge in [0.25, 0.3) is 0 Å². The SMILES string of the molecule is O=C1CCCC[C@H]2[C@@H](C[C@@H](c3cccc(C(F)(F)F)c3)N2C(=O)Cn2cccn2)N1. The molecule has 2 aliphatic rings. The van der Waals surface area contributed by atoms with Crippen LogP contribution in [0.25, 0.3) is 0 Å². The monoisotopic (exact) mass is 420 g/mol. The third-order valence-corrected chi connectivity index (χ3v) is 5.88. The molecule has 0 aliphatic carbocycles. The van der Waals surface area contributed by atoms with E-state index >= 15 is 0 Å². The Hall–Kier alpha value is -2.84. The van der Waals surface area contributed by atoms with E-state index in [0.29, 0.717) is 24.8 Å². The fourth-order valence-corrected chi connectivity index (χ4v) is 4.54. The van der Waals surface area contributed by atoms with Gasteiger partial charge in [0.1, 0.15) is 6.54 Å². The molecule has 0 radical (unpaired) electrons. The van der Waals surface area contributed by atoms with Crippen LogP contribution in [-0.4, -0.2) is 38.6 Å². The average molecular weight is 420 g/mol. The van der Waals surface area contributed by atoms with Crippen molar-refractivity contribution in [1.29, 1.82) is 0 Å². The second kappa shape index (κ2) is 8.12. The first kappa shape index (κ1) is 20.4. The Bertz CT molecular complexity index is 913. The minimum absolute atomic E-state index is 0.000369. The topological polar surface area (TPSA) is 67.2 Å². The number of benzene rings is 1.